The summed E-state index contributed by atoms with van der Waals surface area (Å²) in [4.78, 5) is 28.4. The molecular formula is C29H34ClN3O5S. The van der Waals surface area contributed by atoms with Crippen LogP contribution in [0.15, 0.2) is 83.8 Å². The minimum Gasteiger partial charge on any atom is -0.497 e. The Balaban J connectivity index is 2.02. The third-order valence-corrected chi connectivity index (χ3v) is 8.51. The van der Waals surface area contributed by atoms with E-state index in [1.54, 1.807) is 80.8 Å². The predicted octanol–water partition coefficient (Wildman–Crippen LogP) is 4.88. The largest absolute Gasteiger partial charge is 0.497 e. The van der Waals surface area contributed by atoms with Crippen LogP contribution in [0.5, 0.6) is 5.75 Å². The molecule has 39 heavy (non-hydrogen) atoms. The molecule has 3 rings (SSSR count). The van der Waals surface area contributed by atoms with Gasteiger partial charge in [0.1, 0.15) is 18.3 Å². The fourth-order valence-electron chi connectivity index (χ4n) is 3.86. The zero-order valence-electron chi connectivity index (χ0n) is 22.5. The van der Waals surface area contributed by atoms with E-state index in [9.17, 15) is 18.0 Å². The second-order valence-electron chi connectivity index (χ2n) is 9.14. The van der Waals surface area contributed by atoms with Crippen LogP contribution in [0, 0.1) is 0 Å². The molecule has 0 fully saturated rings. The Morgan fingerprint density at radius 1 is 0.949 bits per heavy atom. The highest BCUT2D eigenvalue weighted by atomic mass is 35.5. The summed E-state index contributed by atoms with van der Waals surface area (Å²) in [5.41, 5.74) is 0.917. The average molecular weight is 572 g/mol. The number of hydrogen-bond donors (Lipinski definition) is 1. The molecule has 3 aromatic carbocycles. The van der Waals surface area contributed by atoms with Gasteiger partial charge in [0.15, 0.2) is 0 Å². The minimum absolute atomic E-state index is 0.0157. The molecule has 0 heterocycles. The number of rotatable bonds is 12. The van der Waals surface area contributed by atoms with Crippen molar-refractivity contribution < 1.29 is 22.7 Å². The highest BCUT2D eigenvalue weighted by Gasteiger charge is 2.33. The van der Waals surface area contributed by atoms with Crippen LogP contribution in [0.1, 0.15) is 32.8 Å². The van der Waals surface area contributed by atoms with Crippen LogP contribution in [-0.2, 0) is 26.2 Å². The van der Waals surface area contributed by atoms with Crippen molar-refractivity contribution in [2.75, 3.05) is 18.0 Å². The van der Waals surface area contributed by atoms with Crippen LogP contribution >= 0.6 is 11.6 Å². The first kappa shape index (κ1) is 30.0. The van der Waals surface area contributed by atoms with E-state index in [0.717, 1.165) is 16.3 Å². The second kappa shape index (κ2) is 13.5. The normalized spacial score (nSPS) is 12.7. The Kier molecular flexibility index (Phi) is 10.4. The van der Waals surface area contributed by atoms with Crippen molar-refractivity contribution in [1.82, 2.24) is 10.2 Å². The van der Waals surface area contributed by atoms with Crippen LogP contribution in [-0.4, -0.2) is 50.9 Å². The number of amides is 2. The van der Waals surface area contributed by atoms with E-state index in [2.05, 4.69) is 5.32 Å². The number of anilines is 1. The smallest absolute Gasteiger partial charge is 0.264 e. The number of para-hydroxylation sites is 1. The molecule has 10 heteroatoms. The van der Waals surface area contributed by atoms with Gasteiger partial charge in [0.2, 0.25) is 11.8 Å². The molecule has 0 aliphatic heterocycles. The van der Waals surface area contributed by atoms with Gasteiger partial charge in [0, 0.05) is 12.6 Å². The lowest BCUT2D eigenvalue weighted by Crippen LogP contribution is -2.52. The van der Waals surface area contributed by atoms with Gasteiger partial charge in [-0.1, -0.05) is 61.0 Å². The number of carbonyl (C=O) groups is 2. The SMILES string of the molecule is CC[C@@H](C)NC(=O)[C@H](C)N(Cc1ccc(OC)cc1)C(=O)CN(c1ccccc1Cl)S(=O)(=O)c1ccccc1. The summed E-state index contributed by atoms with van der Waals surface area (Å²) < 4.78 is 33.7. The van der Waals surface area contributed by atoms with Crippen LogP contribution in [0.25, 0.3) is 0 Å². The molecule has 0 aromatic heterocycles. The van der Waals surface area contributed by atoms with Gasteiger partial charge in [-0.05, 0) is 62.2 Å². The molecule has 8 nitrogen and oxygen atoms in total. The van der Waals surface area contributed by atoms with Gasteiger partial charge >= 0.3 is 0 Å². The molecule has 3 aromatic rings. The Morgan fingerprint density at radius 3 is 2.15 bits per heavy atom. The highest BCUT2D eigenvalue weighted by molar-refractivity contribution is 7.92. The molecule has 0 saturated heterocycles. The van der Waals surface area contributed by atoms with Crippen molar-refractivity contribution in [3.05, 3.63) is 89.4 Å². The van der Waals surface area contributed by atoms with Crippen molar-refractivity contribution in [3.8, 4) is 5.75 Å². The summed E-state index contributed by atoms with van der Waals surface area (Å²) in [5.74, 6) is -0.239. The molecule has 0 aliphatic rings. The van der Waals surface area contributed by atoms with Crippen molar-refractivity contribution in [1.29, 1.82) is 0 Å². The number of ether oxygens (including phenoxy) is 1. The maximum Gasteiger partial charge on any atom is 0.264 e. The topological polar surface area (TPSA) is 96.0 Å². The zero-order chi connectivity index (χ0) is 28.6. The van der Waals surface area contributed by atoms with E-state index in [1.807, 2.05) is 13.8 Å². The van der Waals surface area contributed by atoms with E-state index in [4.69, 9.17) is 16.3 Å². The Bertz CT molecular complexity index is 1370. The molecule has 2 amide bonds. The molecule has 0 saturated carbocycles. The first-order chi connectivity index (χ1) is 18.6. The van der Waals surface area contributed by atoms with Gasteiger partial charge in [-0.25, -0.2) is 8.42 Å². The van der Waals surface area contributed by atoms with Crippen LogP contribution in [0.4, 0.5) is 5.69 Å². The van der Waals surface area contributed by atoms with Gasteiger partial charge < -0.3 is 15.0 Å². The summed E-state index contributed by atoms with van der Waals surface area (Å²) in [5, 5.41) is 3.09. The lowest BCUT2D eigenvalue weighted by atomic mass is 10.1. The van der Waals surface area contributed by atoms with E-state index in [1.165, 1.54) is 17.0 Å². The Hall–Kier alpha value is -3.56. The lowest BCUT2D eigenvalue weighted by molar-refractivity contribution is -0.139. The quantitative estimate of drug-likeness (QED) is 0.334. The first-order valence-electron chi connectivity index (χ1n) is 12.6. The summed E-state index contributed by atoms with van der Waals surface area (Å²) >= 11 is 6.41. The maximum absolute atomic E-state index is 13.9. The van der Waals surface area contributed by atoms with Gasteiger partial charge in [-0.15, -0.1) is 0 Å². The zero-order valence-corrected chi connectivity index (χ0v) is 24.1. The Morgan fingerprint density at radius 2 is 1.56 bits per heavy atom. The summed E-state index contributed by atoms with van der Waals surface area (Å²) in [7, 11) is -2.61. The third-order valence-electron chi connectivity index (χ3n) is 6.41. The van der Waals surface area contributed by atoms with Gasteiger partial charge in [-0.3, -0.25) is 13.9 Å². The van der Waals surface area contributed by atoms with E-state index < -0.39 is 28.5 Å². The van der Waals surface area contributed by atoms with Crippen LogP contribution in [0.2, 0.25) is 5.02 Å². The molecular weight excluding hydrogens is 538 g/mol. The van der Waals surface area contributed by atoms with Crippen molar-refractivity contribution in [2.45, 2.75) is 50.7 Å². The van der Waals surface area contributed by atoms with Crippen LogP contribution in [0.3, 0.4) is 0 Å². The maximum atomic E-state index is 13.9. The monoisotopic (exact) mass is 571 g/mol. The molecule has 0 unspecified atom stereocenters. The summed E-state index contributed by atoms with van der Waals surface area (Å²) in [6.45, 7) is 4.99. The predicted molar refractivity (Wildman–Crippen MR) is 153 cm³/mol. The summed E-state index contributed by atoms with van der Waals surface area (Å²) in [6.07, 6.45) is 0.723. The van der Waals surface area contributed by atoms with Gasteiger partial charge in [0.25, 0.3) is 10.0 Å². The number of methoxy groups -OCH3 is 1. The standard InChI is InChI=1S/C29H34ClN3O5S/c1-5-21(2)31-29(35)22(3)32(19-23-15-17-24(38-4)18-16-23)28(34)20-33(27-14-10-9-13-26(27)30)39(36,37)25-11-7-6-8-12-25/h6-18,21-22H,5,19-20H2,1-4H3,(H,31,35)/t21-,22+/m1/s1. The lowest BCUT2D eigenvalue weighted by Gasteiger charge is -2.32. The first-order valence-corrected chi connectivity index (χ1v) is 14.4. The highest BCUT2D eigenvalue weighted by Crippen LogP contribution is 2.30. The second-order valence-corrected chi connectivity index (χ2v) is 11.4. The molecule has 0 radical (unpaired) electrons. The average Bonchev–Trinajstić information content (AvgIpc) is 2.95. The van der Waals surface area contributed by atoms with E-state index in [0.29, 0.717) is 5.75 Å². The van der Waals surface area contributed by atoms with Gasteiger partial charge in [-0.2, -0.15) is 0 Å². The van der Waals surface area contributed by atoms with Crippen molar-refractivity contribution >= 4 is 39.1 Å². The van der Waals surface area contributed by atoms with Crippen molar-refractivity contribution in [2.24, 2.45) is 0 Å². The number of carbonyl (C=O) groups excluding carboxylic acids is 2. The number of nitrogens with one attached hydrogen (secondary N) is 1. The fraction of sp³-hybridized carbons (Fsp3) is 0.310. The number of benzene rings is 3. The van der Waals surface area contributed by atoms with Gasteiger partial charge in [0.05, 0.1) is 22.7 Å². The molecule has 0 spiro atoms. The molecule has 0 aliphatic carbocycles. The third kappa shape index (κ3) is 7.52. The molecule has 0 bridgehead atoms. The fourth-order valence-corrected chi connectivity index (χ4v) is 5.60. The van der Waals surface area contributed by atoms with E-state index >= 15 is 0 Å². The number of sulfonamides is 1. The number of hydrogen-bond acceptors (Lipinski definition) is 5. The van der Waals surface area contributed by atoms with Crippen LogP contribution < -0.4 is 14.4 Å². The summed E-state index contributed by atoms with van der Waals surface area (Å²) in [6, 6.07) is 20.4. The molecule has 2 atom stereocenters. The Labute approximate surface area is 235 Å². The van der Waals surface area contributed by atoms with Crippen molar-refractivity contribution in [3.63, 3.8) is 0 Å². The number of halogens is 1. The molecule has 1 N–H and O–H groups in total. The van der Waals surface area contributed by atoms with E-state index in [-0.39, 0.29) is 34.1 Å². The molecule has 208 valence electrons. The number of nitrogens with zero attached hydrogens (tertiary/aromatic N) is 2. The minimum atomic E-state index is -4.17.